The van der Waals surface area contributed by atoms with Crippen LogP contribution in [0.25, 0.3) is 0 Å². The monoisotopic (exact) mass is 284 g/mol. The number of methoxy groups -OCH3 is 2. The number of nitrogens with one attached hydrogen (secondary N) is 2. The first-order valence-corrected chi connectivity index (χ1v) is 5.65. The molecule has 0 unspecified atom stereocenters. The maximum Gasteiger partial charge on any atom is 0.328 e. The highest BCUT2D eigenvalue weighted by Crippen LogP contribution is 2.29. The Hall–Kier alpha value is -2.48. The number of hydrogen-bond acceptors (Lipinski definition) is 5. The molecular weight excluding hydrogens is 268 g/mol. The van der Waals surface area contributed by atoms with Crippen molar-refractivity contribution in [2.24, 2.45) is 0 Å². The van der Waals surface area contributed by atoms with Crippen LogP contribution in [0.4, 0.5) is 10.5 Å². The molecule has 0 aromatic heterocycles. The van der Waals surface area contributed by atoms with Crippen molar-refractivity contribution in [3.8, 4) is 11.5 Å². The number of anilines is 1. The highest BCUT2D eigenvalue weighted by Gasteiger charge is 2.18. The number of carbonyl (C=O) groups excluding carboxylic acids is 1. The van der Waals surface area contributed by atoms with E-state index in [1.807, 2.05) is 0 Å². The third-order valence-corrected chi connectivity index (χ3v) is 2.43. The SMILES string of the molecule is COc1ccc(NC(=O)N[C@H](CO)C(=O)O)cc1OC. The van der Waals surface area contributed by atoms with Crippen LogP contribution in [0, 0.1) is 0 Å². The molecule has 8 heteroatoms. The number of aliphatic hydroxyl groups excluding tert-OH is 1. The molecule has 4 N–H and O–H groups in total. The van der Waals surface area contributed by atoms with Crippen molar-refractivity contribution in [1.29, 1.82) is 0 Å². The van der Waals surface area contributed by atoms with Gasteiger partial charge >= 0.3 is 12.0 Å². The van der Waals surface area contributed by atoms with Crippen molar-refractivity contribution in [3.63, 3.8) is 0 Å². The predicted octanol–water partition coefficient (Wildman–Crippen LogP) is 0.271. The fraction of sp³-hybridized carbons (Fsp3) is 0.333. The summed E-state index contributed by atoms with van der Waals surface area (Å²) >= 11 is 0. The third kappa shape index (κ3) is 4.02. The minimum Gasteiger partial charge on any atom is -0.493 e. The van der Waals surface area contributed by atoms with E-state index in [0.717, 1.165) is 0 Å². The fourth-order valence-electron chi connectivity index (χ4n) is 1.42. The molecular formula is C12H16N2O6. The number of carboxylic acids is 1. The van der Waals surface area contributed by atoms with Crippen molar-refractivity contribution in [1.82, 2.24) is 5.32 Å². The van der Waals surface area contributed by atoms with E-state index in [1.165, 1.54) is 20.3 Å². The van der Waals surface area contributed by atoms with Crippen LogP contribution in [0.15, 0.2) is 18.2 Å². The summed E-state index contributed by atoms with van der Waals surface area (Å²) in [7, 11) is 2.93. The highest BCUT2D eigenvalue weighted by atomic mass is 16.5. The maximum atomic E-state index is 11.6. The molecule has 0 fully saturated rings. The van der Waals surface area contributed by atoms with E-state index in [1.54, 1.807) is 12.1 Å². The molecule has 0 bridgehead atoms. The van der Waals surface area contributed by atoms with Crippen LogP contribution in [0.1, 0.15) is 0 Å². The quantitative estimate of drug-likeness (QED) is 0.595. The van der Waals surface area contributed by atoms with Crippen molar-refractivity contribution >= 4 is 17.7 Å². The summed E-state index contributed by atoms with van der Waals surface area (Å²) in [4.78, 5) is 22.2. The zero-order valence-corrected chi connectivity index (χ0v) is 11.0. The third-order valence-electron chi connectivity index (χ3n) is 2.43. The molecule has 0 spiro atoms. The van der Waals surface area contributed by atoms with Crippen LogP contribution >= 0.6 is 0 Å². The van der Waals surface area contributed by atoms with Crippen LogP contribution in [-0.4, -0.2) is 49.1 Å². The summed E-state index contributed by atoms with van der Waals surface area (Å²) in [6.45, 7) is -0.700. The van der Waals surface area contributed by atoms with Crippen LogP contribution in [-0.2, 0) is 4.79 Å². The van der Waals surface area contributed by atoms with Crippen molar-refractivity contribution in [2.75, 3.05) is 26.1 Å². The molecule has 0 aliphatic heterocycles. The van der Waals surface area contributed by atoms with Gasteiger partial charge < -0.3 is 30.3 Å². The summed E-state index contributed by atoms with van der Waals surface area (Å²) in [6, 6.07) is 2.56. The Bertz CT molecular complexity index is 491. The number of ether oxygens (including phenoxy) is 2. The highest BCUT2D eigenvalue weighted by molar-refractivity contribution is 5.92. The average Bonchev–Trinajstić information content (AvgIpc) is 2.44. The van der Waals surface area contributed by atoms with Gasteiger partial charge in [0.05, 0.1) is 20.8 Å². The van der Waals surface area contributed by atoms with Gasteiger partial charge in [0.25, 0.3) is 0 Å². The van der Waals surface area contributed by atoms with Gasteiger partial charge in [0.15, 0.2) is 17.5 Å². The average molecular weight is 284 g/mol. The first-order valence-electron chi connectivity index (χ1n) is 5.65. The van der Waals surface area contributed by atoms with Gasteiger partial charge in [0.2, 0.25) is 0 Å². The lowest BCUT2D eigenvalue weighted by Gasteiger charge is -2.14. The van der Waals surface area contributed by atoms with Gasteiger partial charge in [-0.3, -0.25) is 0 Å². The van der Waals surface area contributed by atoms with Crippen molar-refractivity contribution in [3.05, 3.63) is 18.2 Å². The first-order chi connectivity index (χ1) is 9.51. The molecule has 1 atom stereocenters. The van der Waals surface area contributed by atoms with Gasteiger partial charge in [-0.1, -0.05) is 0 Å². The largest absolute Gasteiger partial charge is 0.493 e. The fourth-order valence-corrected chi connectivity index (χ4v) is 1.42. The lowest BCUT2D eigenvalue weighted by molar-refractivity contribution is -0.140. The summed E-state index contributed by atoms with van der Waals surface area (Å²) in [5.74, 6) is -0.408. The van der Waals surface area contributed by atoms with E-state index in [-0.39, 0.29) is 0 Å². The molecule has 0 aliphatic carbocycles. The number of carbonyl (C=O) groups is 2. The van der Waals surface area contributed by atoms with Crippen LogP contribution in [0.3, 0.4) is 0 Å². The zero-order valence-electron chi connectivity index (χ0n) is 11.0. The smallest absolute Gasteiger partial charge is 0.328 e. The molecule has 1 rings (SSSR count). The van der Waals surface area contributed by atoms with Crippen LogP contribution in [0.5, 0.6) is 11.5 Å². The molecule has 1 aromatic rings. The second-order valence-electron chi connectivity index (χ2n) is 3.74. The van der Waals surface area contributed by atoms with Gasteiger partial charge in [-0.25, -0.2) is 9.59 Å². The van der Waals surface area contributed by atoms with Gasteiger partial charge in [0.1, 0.15) is 0 Å². The summed E-state index contributed by atoms with van der Waals surface area (Å²) in [5.41, 5.74) is 0.391. The first kappa shape index (κ1) is 15.6. The number of hydrogen-bond donors (Lipinski definition) is 4. The van der Waals surface area contributed by atoms with Crippen molar-refractivity contribution in [2.45, 2.75) is 6.04 Å². The zero-order chi connectivity index (χ0) is 15.1. The normalized spacial score (nSPS) is 11.3. The second kappa shape index (κ2) is 7.19. The predicted molar refractivity (Wildman–Crippen MR) is 70.2 cm³/mol. The Kier molecular flexibility index (Phi) is 5.60. The molecule has 20 heavy (non-hydrogen) atoms. The summed E-state index contributed by atoms with van der Waals surface area (Å²) in [6.07, 6.45) is 0. The number of amides is 2. The summed E-state index contributed by atoms with van der Waals surface area (Å²) < 4.78 is 10.1. The minimum atomic E-state index is -1.37. The van der Waals surface area contributed by atoms with Crippen LogP contribution < -0.4 is 20.1 Å². The van der Waals surface area contributed by atoms with E-state index >= 15 is 0 Å². The topological polar surface area (TPSA) is 117 Å². The molecule has 1 aromatic carbocycles. The van der Waals surface area contributed by atoms with Gasteiger partial charge in [-0.2, -0.15) is 0 Å². The van der Waals surface area contributed by atoms with E-state index in [4.69, 9.17) is 19.7 Å². The molecule has 0 saturated carbocycles. The Morgan fingerprint density at radius 1 is 1.25 bits per heavy atom. The number of aliphatic carboxylic acids is 1. The second-order valence-corrected chi connectivity index (χ2v) is 3.74. The van der Waals surface area contributed by atoms with Gasteiger partial charge in [-0.15, -0.1) is 0 Å². The van der Waals surface area contributed by atoms with Gasteiger partial charge in [-0.05, 0) is 12.1 Å². The number of rotatable bonds is 6. The number of benzene rings is 1. The van der Waals surface area contributed by atoms with E-state index < -0.39 is 24.6 Å². The lowest BCUT2D eigenvalue weighted by atomic mass is 10.2. The molecule has 0 radical (unpaired) electrons. The number of urea groups is 1. The molecule has 0 saturated heterocycles. The lowest BCUT2D eigenvalue weighted by Crippen LogP contribution is -2.45. The molecule has 0 aliphatic rings. The van der Waals surface area contributed by atoms with Crippen LogP contribution in [0.2, 0.25) is 0 Å². The molecule has 2 amide bonds. The Morgan fingerprint density at radius 3 is 2.40 bits per heavy atom. The van der Waals surface area contributed by atoms with E-state index in [0.29, 0.717) is 17.2 Å². The maximum absolute atomic E-state index is 11.6. The Balaban J connectivity index is 2.73. The van der Waals surface area contributed by atoms with E-state index in [9.17, 15) is 9.59 Å². The Morgan fingerprint density at radius 2 is 1.90 bits per heavy atom. The molecule has 0 heterocycles. The molecule has 110 valence electrons. The molecule has 8 nitrogen and oxygen atoms in total. The van der Waals surface area contributed by atoms with Gasteiger partial charge in [0, 0.05) is 11.8 Å². The standard InChI is InChI=1S/C12H16N2O6/c1-19-9-4-3-7(5-10(9)20-2)13-12(18)14-8(6-15)11(16)17/h3-5,8,15H,6H2,1-2H3,(H,16,17)(H2,13,14,18)/t8-/m1/s1. The van der Waals surface area contributed by atoms with Crippen molar-refractivity contribution < 1.29 is 29.3 Å². The number of aliphatic hydroxyl groups is 1. The summed E-state index contributed by atoms with van der Waals surface area (Å²) in [5, 5.41) is 22.0. The number of carboxylic acid groups (broad SMARTS) is 1. The van der Waals surface area contributed by atoms with E-state index in [2.05, 4.69) is 10.6 Å². The Labute approximate surface area is 115 Å². The minimum absolute atomic E-state index is 0.391.